The van der Waals surface area contributed by atoms with E-state index in [1.165, 1.54) is 0 Å². The summed E-state index contributed by atoms with van der Waals surface area (Å²) < 4.78 is 54.4. The average Bonchev–Trinajstić information content (AvgIpc) is 2.94. The van der Waals surface area contributed by atoms with Crippen LogP contribution in [0.5, 0.6) is 0 Å². The van der Waals surface area contributed by atoms with Crippen molar-refractivity contribution in [3.8, 4) is 0 Å². The number of carbonyl (C=O) groups excluding carboxylic acids is 1. The van der Waals surface area contributed by atoms with Gasteiger partial charge in [0.15, 0.2) is 0 Å². The minimum atomic E-state index is -4.97. The van der Waals surface area contributed by atoms with Gasteiger partial charge in [-0.1, -0.05) is 0 Å². The maximum absolute atomic E-state index is 10.6. The first-order valence-corrected chi connectivity index (χ1v) is 3.55. The summed E-state index contributed by atoms with van der Waals surface area (Å²) in [5.41, 5.74) is 0. The molecule has 1 aromatic rings. The van der Waals surface area contributed by atoms with Gasteiger partial charge in [-0.15, -0.1) is 0 Å². The standard InChI is InChI=1S/C5H5.C2HF3O2.3CO.Mo/c1-2-4-5-3-1;3-2(4,5)1(6)7;3*1-2;/h1-5H;(H,6,7);;;;/q-1;;;;;/p+1. The van der Waals surface area contributed by atoms with Gasteiger partial charge in [0.1, 0.15) is 0 Å². The van der Waals surface area contributed by atoms with Crippen LogP contribution < -0.4 is 0 Å². The van der Waals surface area contributed by atoms with E-state index in [0.717, 1.165) is 0 Å². The molecule has 0 aromatic heterocycles. The van der Waals surface area contributed by atoms with Gasteiger partial charge in [-0.25, -0.2) is 12.1 Å². The fraction of sp³-hybridized carbons (Fsp3) is 0.100. The predicted octanol–water partition coefficient (Wildman–Crippen LogP) is 1.09. The SMILES string of the molecule is O=C([OH2+])C(F)(F)F.[C-]#[O+].[C-]#[O+].[C-]#[O+].[Mo].c1cc[cH-]c1. The first-order chi connectivity index (χ1) is 8.44. The Bertz CT molecular complexity index is 296. The molecular weight excluding hydrogens is 353 g/mol. The second kappa shape index (κ2) is 25.4. The number of alkyl halides is 3. The summed E-state index contributed by atoms with van der Waals surface area (Å²) in [4.78, 5) is 9.01. The van der Waals surface area contributed by atoms with Crippen molar-refractivity contribution in [1.82, 2.24) is 0 Å². The van der Waals surface area contributed by atoms with Crippen LogP contribution in [0.3, 0.4) is 0 Å². The van der Waals surface area contributed by atoms with Crippen LogP contribution in [-0.2, 0) is 39.8 Å². The zero-order chi connectivity index (χ0) is 15.6. The van der Waals surface area contributed by atoms with Crippen molar-refractivity contribution < 1.29 is 58.1 Å². The smallest absolute Gasteiger partial charge is 0 e. The molecule has 0 fully saturated rings. The number of rotatable bonds is 0. The first-order valence-electron chi connectivity index (χ1n) is 3.55. The third-order valence-corrected chi connectivity index (χ3v) is 0.813. The van der Waals surface area contributed by atoms with Gasteiger partial charge in [0.2, 0.25) is 0 Å². The van der Waals surface area contributed by atoms with Crippen molar-refractivity contribution >= 4 is 5.97 Å². The van der Waals surface area contributed by atoms with Crippen LogP contribution in [0.2, 0.25) is 0 Å². The number of hydrogen-bond acceptors (Lipinski definition) is 1. The van der Waals surface area contributed by atoms with Gasteiger partial charge in [0, 0.05) is 21.1 Å². The van der Waals surface area contributed by atoms with E-state index in [1.54, 1.807) is 0 Å². The molecule has 0 radical (unpaired) electrons. The number of hydrogen-bond donors (Lipinski definition) is 0. The molecule has 9 heteroatoms. The topological polar surface area (TPSA) is 99.7 Å². The van der Waals surface area contributed by atoms with E-state index in [4.69, 9.17) is 23.9 Å². The van der Waals surface area contributed by atoms with Crippen molar-refractivity contribution in [2.24, 2.45) is 0 Å². The molecule has 0 amide bonds. The van der Waals surface area contributed by atoms with Crippen molar-refractivity contribution in [3.63, 3.8) is 0 Å². The molecule has 0 heterocycles. The average molecular weight is 360 g/mol. The molecule has 0 aliphatic heterocycles. The van der Waals surface area contributed by atoms with Gasteiger partial charge >= 0.3 is 46.1 Å². The summed E-state index contributed by atoms with van der Waals surface area (Å²) >= 11 is 0. The van der Waals surface area contributed by atoms with Gasteiger partial charge in [0.25, 0.3) is 0 Å². The summed E-state index contributed by atoms with van der Waals surface area (Å²) in [5.74, 6) is -2.51. The monoisotopic (exact) mass is 362 g/mol. The molecule has 0 bridgehead atoms. The summed E-state index contributed by atoms with van der Waals surface area (Å²) in [5, 5.41) is 5.47. The van der Waals surface area contributed by atoms with Crippen molar-refractivity contribution in [2.75, 3.05) is 0 Å². The third-order valence-electron chi connectivity index (χ3n) is 0.813. The Morgan fingerprint density at radius 3 is 1.26 bits per heavy atom. The summed E-state index contributed by atoms with van der Waals surface area (Å²) in [7, 11) is 0. The maximum atomic E-state index is 10.6. The van der Waals surface area contributed by atoms with Gasteiger partial charge in [0.05, 0.1) is 4.79 Å². The van der Waals surface area contributed by atoms with E-state index in [2.05, 4.69) is 20.0 Å². The van der Waals surface area contributed by atoms with Crippen LogP contribution >= 0.6 is 0 Å². The molecule has 0 saturated heterocycles. The minimum absolute atomic E-state index is 0. The Hall–Kier alpha value is -1.48. The van der Waals surface area contributed by atoms with Crippen LogP contribution in [0.4, 0.5) is 13.2 Å². The summed E-state index contributed by atoms with van der Waals surface area (Å²) in [6, 6.07) is 10.0. The van der Waals surface area contributed by atoms with E-state index >= 15 is 0 Å². The molecule has 0 spiro atoms. The van der Waals surface area contributed by atoms with Crippen molar-refractivity contribution in [3.05, 3.63) is 50.3 Å². The largest absolute Gasteiger partial charge is 0.214 e. The fourth-order valence-electron chi connectivity index (χ4n) is 0.321. The summed E-state index contributed by atoms with van der Waals surface area (Å²) in [6.07, 6.45) is -4.97. The van der Waals surface area contributed by atoms with Gasteiger partial charge in [-0.3, -0.25) is 0 Å². The second-order valence-corrected chi connectivity index (χ2v) is 1.79. The molecule has 104 valence electrons. The van der Waals surface area contributed by atoms with Gasteiger partial charge in [-0.2, -0.15) is 31.4 Å². The van der Waals surface area contributed by atoms with E-state index in [0.29, 0.717) is 0 Å². The third kappa shape index (κ3) is 38.4. The molecule has 0 unspecified atom stereocenters. The summed E-state index contributed by atoms with van der Waals surface area (Å²) in [6.45, 7) is 13.5. The fourth-order valence-corrected chi connectivity index (χ4v) is 0.321. The molecule has 19 heavy (non-hydrogen) atoms. The van der Waals surface area contributed by atoms with Crippen LogP contribution in [0, 0.1) is 20.0 Å². The van der Waals surface area contributed by atoms with Crippen LogP contribution in [0.1, 0.15) is 0 Å². The van der Waals surface area contributed by atoms with E-state index in [9.17, 15) is 13.2 Å². The van der Waals surface area contributed by atoms with Crippen molar-refractivity contribution in [2.45, 2.75) is 6.18 Å². The molecule has 1 aromatic carbocycles. The molecule has 1 rings (SSSR count). The second-order valence-electron chi connectivity index (χ2n) is 1.79. The van der Waals surface area contributed by atoms with Crippen LogP contribution in [0.15, 0.2) is 30.3 Å². The Kier molecular flexibility index (Phi) is 40.8. The molecule has 0 atom stereocenters. The maximum Gasteiger partial charge on any atom is 0 e. The Morgan fingerprint density at radius 1 is 1.00 bits per heavy atom. The Balaban J connectivity index is -0.0000000482. The van der Waals surface area contributed by atoms with E-state index in [-0.39, 0.29) is 21.1 Å². The molecule has 0 aliphatic carbocycles. The minimum Gasteiger partial charge on any atom is -0.214 e. The van der Waals surface area contributed by atoms with Crippen LogP contribution in [-0.4, -0.2) is 17.3 Å². The first kappa shape index (κ1) is 30.5. The zero-order valence-corrected chi connectivity index (χ0v) is 11.1. The Labute approximate surface area is 121 Å². The zero-order valence-electron chi connectivity index (χ0n) is 9.06. The van der Waals surface area contributed by atoms with E-state index < -0.39 is 12.1 Å². The molecule has 5 nitrogen and oxygen atoms in total. The molecular formula is C10H7F3MoO5. The normalized spacial score (nSPS) is 6.58. The van der Waals surface area contributed by atoms with Crippen LogP contribution in [0.25, 0.3) is 0 Å². The predicted molar refractivity (Wildman–Crippen MR) is 48.5 cm³/mol. The van der Waals surface area contributed by atoms with Crippen molar-refractivity contribution in [1.29, 1.82) is 0 Å². The van der Waals surface area contributed by atoms with Gasteiger partial charge < -0.3 is 5.11 Å². The van der Waals surface area contributed by atoms with Gasteiger partial charge in [-0.05, 0) is 0 Å². The Morgan fingerprint density at radius 2 is 1.21 bits per heavy atom. The number of halogens is 3. The van der Waals surface area contributed by atoms with E-state index in [1.807, 2.05) is 30.3 Å². The quantitative estimate of drug-likeness (QED) is 0.386. The number of carbonyl (C=O) groups is 1. The molecule has 2 N–H and O–H groups in total. The molecule has 0 saturated carbocycles. The molecule has 0 aliphatic rings.